The first kappa shape index (κ1) is 15.5. The first-order chi connectivity index (χ1) is 8.93. The van der Waals surface area contributed by atoms with Gasteiger partial charge in [0.25, 0.3) is 0 Å². The molecule has 106 valence electrons. The van der Waals surface area contributed by atoms with E-state index in [4.69, 9.17) is 5.73 Å². The number of hydrogen-bond donors (Lipinski definition) is 2. The minimum Gasteiger partial charge on any atom is -0.330 e. The van der Waals surface area contributed by atoms with Crippen molar-refractivity contribution in [1.82, 2.24) is 15.2 Å². The summed E-state index contributed by atoms with van der Waals surface area (Å²) in [4.78, 5) is 15.7. The zero-order valence-electron chi connectivity index (χ0n) is 11.9. The second-order valence-corrected chi connectivity index (χ2v) is 5.69. The van der Waals surface area contributed by atoms with E-state index < -0.39 is 0 Å². The molecule has 6 heteroatoms. The van der Waals surface area contributed by atoms with Gasteiger partial charge in [0.15, 0.2) is 0 Å². The Labute approximate surface area is 114 Å². The number of hydrogen-bond acceptors (Lipinski definition) is 5. The van der Waals surface area contributed by atoms with Crippen LogP contribution in [0.25, 0.3) is 0 Å². The Morgan fingerprint density at radius 3 is 2.63 bits per heavy atom. The van der Waals surface area contributed by atoms with Crippen LogP contribution in [0.1, 0.15) is 40.0 Å². The number of carbonyl (C=O) groups excluding carboxylic acids is 1. The highest BCUT2D eigenvalue weighted by molar-refractivity contribution is 5.88. The molecule has 1 rings (SSSR count). The molecule has 1 amide bonds. The third-order valence-electron chi connectivity index (χ3n) is 3.19. The number of amides is 1. The van der Waals surface area contributed by atoms with Crippen molar-refractivity contribution in [2.24, 2.45) is 17.1 Å². The molecule has 0 spiro atoms. The van der Waals surface area contributed by atoms with Gasteiger partial charge in [-0.15, -0.1) is 5.10 Å². The van der Waals surface area contributed by atoms with E-state index in [2.05, 4.69) is 41.3 Å². The Bertz CT molecular complexity index is 388. The van der Waals surface area contributed by atoms with Gasteiger partial charge in [-0.05, 0) is 30.7 Å². The van der Waals surface area contributed by atoms with Crippen LogP contribution in [0.2, 0.25) is 0 Å². The number of carbonyl (C=O) groups is 1. The molecule has 0 saturated carbocycles. The van der Waals surface area contributed by atoms with E-state index in [1.807, 2.05) is 0 Å². The number of nitrogens with zero attached hydrogens (tertiary/aromatic N) is 3. The monoisotopic (exact) mass is 265 g/mol. The zero-order valence-corrected chi connectivity index (χ0v) is 11.9. The van der Waals surface area contributed by atoms with Crippen LogP contribution in [0.15, 0.2) is 12.4 Å². The lowest BCUT2D eigenvalue weighted by atomic mass is 9.76. The van der Waals surface area contributed by atoms with Gasteiger partial charge in [0.2, 0.25) is 11.9 Å². The summed E-state index contributed by atoms with van der Waals surface area (Å²) in [5.41, 5.74) is 5.78. The fourth-order valence-corrected chi connectivity index (χ4v) is 2.01. The molecule has 1 heterocycles. The van der Waals surface area contributed by atoms with Crippen LogP contribution < -0.4 is 11.1 Å². The van der Waals surface area contributed by atoms with Crippen molar-refractivity contribution in [2.45, 2.75) is 40.0 Å². The lowest BCUT2D eigenvalue weighted by Gasteiger charge is -2.30. The number of aromatic nitrogens is 3. The summed E-state index contributed by atoms with van der Waals surface area (Å²) in [7, 11) is 0. The minimum absolute atomic E-state index is 0.0840. The van der Waals surface area contributed by atoms with E-state index >= 15 is 0 Å². The highest BCUT2D eigenvalue weighted by Crippen LogP contribution is 2.32. The summed E-state index contributed by atoms with van der Waals surface area (Å²) in [6.45, 7) is 7.18. The Morgan fingerprint density at radius 1 is 1.37 bits per heavy atom. The number of nitrogens with one attached hydrogen (secondary N) is 1. The molecule has 1 unspecified atom stereocenters. The summed E-state index contributed by atoms with van der Waals surface area (Å²) in [5.74, 6) is 0.593. The molecule has 1 atom stereocenters. The summed E-state index contributed by atoms with van der Waals surface area (Å²) in [6.07, 6.45) is 5.15. The second-order valence-electron chi connectivity index (χ2n) is 5.69. The van der Waals surface area contributed by atoms with Crippen molar-refractivity contribution in [2.75, 3.05) is 11.9 Å². The van der Waals surface area contributed by atoms with E-state index in [9.17, 15) is 4.79 Å². The largest absolute Gasteiger partial charge is 0.330 e. The standard InChI is InChI=1S/C13H23N5O/c1-13(2,3)10(6-7-14)4-5-11(19)17-12-15-8-9-16-18-12/h8-10H,4-7,14H2,1-3H3,(H,15,17,18,19). The van der Waals surface area contributed by atoms with E-state index in [0.29, 0.717) is 18.9 Å². The molecular weight excluding hydrogens is 242 g/mol. The van der Waals surface area contributed by atoms with Crippen molar-refractivity contribution >= 4 is 11.9 Å². The Hall–Kier alpha value is -1.56. The van der Waals surface area contributed by atoms with E-state index in [-0.39, 0.29) is 17.3 Å². The molecule has 6 nitrogen and oxygen atoms in total. The molecule has 0 saturated heterocycles. The molecule has 0 fully saturated rings. The predicted octanol–water partition coefficient (Wildman–Crippen LogP) is 1.60. The van der Waals surface area contributed by atoms with Gasteiger partial charge in [-0.1, -0.05) is 20.8 Å². The molecule has 0 aliphatic heterocycles. The second kappa shape index (κ2) is 7.13. The molecule has 19 heavy (non-hydrogen) atoms. The molecule has 0 aromatic carbocycles. The number of anilines is 1. The van der Waals surface area contributed by atoms with Gasteiger partial charge in [0.05, 0.1) is 12.4 Å². The van der Waals surface area contributed by atoms with Gasteiger partial charge in [0, 0.05) is 6.42 Å². The topological polar surface area (TPSA) is 93.8 Å². The molecule has 0 aliphatic carbocycles. The maximum atomic E-state index is 11.8. The Morgan fingerprint density at radius 2 is 2.11 bits per heavy atom. The van der Waals surface area contributed by atoms with Gasteiger partial charge < -0.3 is 5.73 Å². The molecule has 1 aromatic heterocycles. The fourth-order valence-electron chi connectivity index (χ4n) is 2.01. The third-order valence-corrected chi connectivity index (χ3v) is 3.19. The Kier molecular flexibility index (Phi) is 5.82. The smallest absolute Gasteiger partial charge is 0.249 e. The average molecular weight is 265 g/mol. The lowest BCUT2D eigenvalue weighted by Crippen LogP contribution is -2.25. The molecule has 0 bridgehead atoms. The van der Waals surface area contributed by atoms with Crippen molar-refractivity contribution in [3.05, 3.63) is 12.4 Å². The number of nitrogens with two attached hydrogens (primary N) is 1. The molecule has 0 radical (unpaired) electrons. The van der Waals surface area contributed by atoms with E-state index in [1.54, 1.807) is 0 Å². The molecule has 1 aromatic rings. The SMILES string of the molecule is CC(C)(C)C(CCN)CCC(=O)Nc1nccnn1. The predicted molar refractivity (Wildman–Crippen MR) is 74.3 cm³/mol. The van der Waals surface area contributed by atoms with Gasteiger partial charge in [-0.2, -0.15) is 5.10 Å². The van der Waals surface area contributed by atoms with Crippen LogP contribution >= 0.6 is 0 Å². The fraction of sp³-hybridized carbons (Fsp3) is 0.692. The van der Waals surface area contributed by atoms with Crippen molar-refractivity contribution in [1.29, 1.82) is 0 Å². The van der Waals surface area contributed by atoms with Crippen LogP contribution in [-0.2, 0) is 4.79 Å². The van der Waals surface area contributed by atoms with Crippen LogP contribution in [0, 0.1) is 11.3 Å². The Balaban J connectivity index is 2.44. The average Bonchev–Trinajstić information content (AvgIpc) is 2.34. The van der Waals surface area contributed by atoms with Gasteiger partial charge >= 0.3 is 0 Å². The van der Waals surface area contributed by atoms with Gasteiger partial charge in [-0.3, -0.25) is 10.1 Å². The van der Waals surface area contributed by atoms with E-state index in [1.165, 1.54) is 12.4 Å². The zero-order chi connectivity index (χ0) is 14.3. The van der Waals surface area contributed by atoms with Crippen molar-refractivity contribution < 1.29 is 4.79 Å². The number of rotatable bonds is 6. The minimum atomic E-state index is -0.0840. The summed E-state index contributed by atoms with van der Waals surface area (Å²) < 4.78 is 0. The summed E-state index contributed by atoms with van der Waals surface area (Å²) >= 11 is 0. The van der Waals surface area contributed by atoms with Gasteiger partial charge in [-0.25, -0.2) is 4.98 Å². The quantitative estimate of drug-likeness (QED) is 0.814. The molecule has 0 aliphatic rings. The van der Waals surface area contributed by atoms with Crippen LogP contribution in [0.3, 0.4) is 0 Å². The van der Waals surface area contributed by atoms with Crippen LogP contribution in [0.5, 0.6) is 0 Å². The normalized spacial score (nSPS) is 13.1. The first-order valence-corrected chi connectivity index (χ1v) is 6.57. The highest BCUT2D eigenvalue weighted by Gasteiger charge is 2.24. The highest BCUT2D eigenvalue weighted by atomic mass is 16.1. The summed E-state index contributed by atoms with van der Waals surface area (Å²) in [5, 5.41) is 10.0. The molecule has 3 N–H and O–H groups in total. The van der Waals surface area contributed by atoms with E-state index in [0.717, 1.165) is 12.8 Å². The van der Waals surface area contributed by atoms with Crippen LogP contribution in [0.4, 0.5) is 5.95 Å². The maximum Gasteiger partial charge on any atom is 0.249 e. The third kappa shape index (κ3) is 5.74. The lowest BCUT2D eigenvalue weighted by molar-refractivity contribution is -0.116. The summed E-state index contributed by atoms with van der Waals surface area (Å²) in [6, 6.07) is 0. The van der Waals surface area contributed by atoms with Crippen molar-refractivity contribution in [3.63, 3.8) is 0 Å². The van der Waals surface area contributed by atoms with Gasteiger partial charge in [0.1, 0.15) is 0 Å². The maximum absolute atomic E-state index is 11.8. The first-order valence-electron chi connectivity index (χ1n) is 6.57. The van der Waals surface area contributed by atoms with Crippen LogP contribution in [-0.4, -0.2) is 27.6 Å². The molecular formula is C13H23N5O. The van der Waals surface area contributed by atoms with Crippen molar-refractivity contribution in [3.8, 4) is 0 Å².